The zero-order valence-electron chi connectivity index (χ0n) is 14.5. The van der Waals surface area contributed by atoms with Crippen molar-refractivity contribution in [3.63, 3.8) is 0 Å². The van der Waals surface area contributed by atoms with Crippen LogP contribution in [0.15, 0.2) is 71.3 Å². The van der Waals surface area contributed by atoms with Gasteiger partial charge in [-0.2, -0.15) is 0 Å². The third-order valence-corrected chi connectivity index (χ3v) is 5.51. The Labute approximate surface area is 166 Å². The van der Waals surface area contributed by atoms with Crippen molar-refractivity contribution in [1.82, 2.24) is 4.98 Å². The van der Waals surface area contributed by atoms with Crippen molar-refractivity contribution < 1.29 is 9.21 Å². The minimum Gasteiger partial charge on any atom is -0.467 e. The van der Waals surface area contributed by atoms with E-state index in [-0.39, 0.29) is 5.91 Å². The largest absolute Gasteiger partial charge is 0.467 e. The second kappa shape index (κ2) is 7.94. The van der Waals surface area contributed by atoms with Crippen LogP contribution in [-0.2, 0) is 17.8 Å². The molecule has 6 heteroatoms. The molecular formula is C21H17ClN2O2S. The Balaban J connectivity index is 1.60. The van der Waals surface area contributed by atoms with Crippen LogP contribution in [0.2, 0.25) is 5.02 Å². The number of thiazole rings is 1. The molecule has 2 aromatic carbocycles. The molecule has 136 valence electrons. The number of carbonyl (C=O) groups is 1. The first-order valence-corrected chi connectivity index (χ1v) is 9.81. The molecule has 0 aliphatic carbocycles. The smallest absolute Gasteiger partial charge is 0.229 e. The van der Waals surface area contributed by atoms with Gasteiger partial charge in [0, 0.05) is 11.4 Å². The zero-order valence-corrected chi connectivity index (χ0v) is 16.0. The van der Waals surface area contributed by atoms with Crippen molar-refractivity contribution in [3.05, 3.63) is 83.3 Å². The highest BCUT2D eigenvalue weighted by Gasteiger charge is 2.21. The van der Waals surface area contributed by atoms with Crippen molar-refractivity contribution >= 4 is 44.2 Å². The Morgan fingerprint density at radius 2 is 1.96 bits per heavy atom. The number of hydrogen-bond acceptors (Lipinski definition) is 4. The van der Waals surface area contributed by atoms with Crippen molar-refractivity contribution in [2.45, 2.75) is 19.4 Å². The summed E-state index contributed by atoms with van der Waals surface area (Å²) >= 11 is 7.55. The van der Waals surface area contributed by atoms with E-state index in [0.717, 1.165) is 21.5 Å². The van der Waals surface area contributed by atoms with Gasteiger partial charge in [-0.15, -0.1) is 0 Å². The molecule has 0 radical (unpaired) electrons. The first kappa shape index (κ1) is 17.8. The minimum atomic E-state index is 0.0143. The fourth-order valence-corrected chi connectivity index (χ4v) is 4.11. The highest BCUT2D eigenvalue weighted by atomic mass is 35.5. The summed E-state index contributed by atoms with van der Waals surface area (Å²) in [6.07, 6.45) is 2.70. The van der Waals surface area contributed by atoms with Crippen LogP contribution in [0.3, 0.4) is 0 Å². The maximum atomic E-state index is 13.0. The van der Waals surface area contributed by atoms with Crippen molar-refractivity contribution in [2.24, 2.45) is 0 Å². The normalized spacial score (nSPS) is 11.0. The van der Waals surface area contributed by atoms with E-state index < -0.39 is 0 Å². The first-order valence-electron chi connectivity index (χ1n) is 8.62. The van der Waals surface area contributed by atoms with Gasteiger partial charge < -0.3 is 4.42 Å². The average molecular weight is 397 g/mol. The van der Waals surface area contributed by atoms with Gasteiger partial charge in [0.25, 0.3) is 0 Å². The molecule has 4 rings (SSSR count). The van der Waals surface area contributed by atoms with Crippen LogP contribution < -0.4 is 4.90 Å². The van der Waals surface area contributed by atoms with E-state index in [1.807, 2.05) is 60.7 Å². The van der Waals surface area contributed by atoms with Crippen LogP contribution in [0.5, 0.6) is 0 Å². The fourth-order valence-electron chi connectivity index (χ4n) is 2.85. The van der Waals surface area contributed by atoms with Crippen LogP contribution in [0, 0.1) is 0 Å². The number of aromatic nitrogens is 1. The number of halogens is 1. The van der Waals surface area contributed by atoms with Gasteiger partial charge in [0.15, 0.2) is 5.13 Å². The van der Waals surface area contributed by atoms with Gasteiger partial charge in [0.1, 0.15) is 5.76 Å². The second-order valence-electron chi connectivity index (χ2n) is 6.15. The summed E-state index contributed by atoms with van der Waals surface area (Å²) in [7, 11) is 0. The molecule has 0 fully saturated rings. The Hall–Kier alpha value is -2.63. The molecule has 0 saturated heterocycles. The van der Waals surface area contributed by atoms with E-state index in [2.05, 4.69) is 4.98 Å². The quantitative estimate of drug-likeness (QED) is 0.419. The van der Waals surface area contributed by atoms with Gasteiger partial charge in [-0.1, -0.05) is 53.3 Å². The zero-order chi connectivity index (χ0) is 18.6. The van der Waals surface area contributed by atoms with Gasteiger partial charge >= 0.3 is 0 Å². The molecule has 4 nitrogen and oxygen atoms in total. The van der Waals surface area contributed by atoms with Crippen molar-refractivity contribution in [1.29, 1.82) is 0 Å². The number of nitrogens with zero attached hydrogens (tertiary/aromatic N) is 2. The molecule has 27 heavy (non-hydrogen) atoms. The number of anilines is 1. The summed E-state index contributed by atoms with van der Waals surface area (Å²) in [6, 6.07) is 19.2. The summed E-state index contributed by atoms with van der Waals surface area (Å²) in [5.41, 5.74) is 1.97. The summed E-state index contributed by atoms with van der Waals surface area (Å²) in [4.78, 5) is 19.3. The van der Waals surface area contributed by atoms with E-state index in [1.54, 1.807) is 11.2 Å². The SMILES string of the molecule is O=C(CCc1ccccc1)N(Cc1ccco1)c1nc2ccc(Cl)cc2s1. The summed E-state index contributed by atoms with van der Waals surface area (Å²) in [5, 5.41) is 1.31. The van der Waals surface area contributed by atoms with Gasteiger partial charge in [0.05, 0.1) is 23.0 Å². The van der Waals surface area contributed by atoms with E-state index in [4.69, 9.17) is 16.0 Å². The van der Waals surface area contributed by atoms with E-state index >= 15 is 0 Å². The maximum absolute atomic E-state index is 13.0. The lowest BCUT2D eigenvalue weighted by molar-refractivity contribution is -0.118. The van der Waals surface area contributed by atoms with Gasteiger partial charge in [-0.05, 0) is 42.3 Å². The second-order valence-corrected chi connectivity index (χ2v) is 7.60. The molecule has 0 aliphatic heterocycles. The predicted octanol–water partition coefficient (Wildman–Crippen LogP) is 5.71. The Kier molecular flexibility index (Phi) is 5.23. The number of fused-ring (bicyclic) bond motifs is 1. The van der Waals surface area contributed by atoms with Crippen molar-refractivity contribution in [3.8, 4) is 0 Å². The molecule has 0 bridgehead atoms. The van der Waals surface area contributed by atoms with Crippen LogP contribution >= 0.6 is 22.9 Å². The molecule has 0 spiro atoms. The molecule has 0 saturated carbocycles. The first-order chi connectivity index (χ1) is 13.2. The van der Waals surface area contributed by atoms with Crippen molar-refractivity contribution in [2.75, 3.05) is 4.90 Å². The van der Waals surface area contributed by atoms with Gasteiger partial charge in [-0.3, -0.25) is 9.69 Å². The van der Waals surface area contributed by atoms with Gasteiger partial charge in [-0.25, -0.2) is 4.98 Å². The number of carbonyl (C=O) groups excluding carboxylic acids is 1. The molecule has 1 amide bonds. The lowest BCUT2D eigenvalue weighted by Crippen LogP contribution is -2.30. The van der Waals surface area contributed by atoms with E-state index in [1.165, 1.54) is 11.3 Å². The Bertz CT molecular complexity index is 1040. The molecule has 0 atom stereocenters. The standard InChI is InChI=1S/C21H17ClN2O2S/c22-16-9-10-18-19(13-16)27-21(23-18)24(14-17-7-4-12-26-17)20(25)11-8-15-5-2-1-3-6-15/h1-7,9-10,12-13H,8,11,14H2. The van der Waals surface area contributed by atoms with E-state index in [9.17, 15) is 4.79 Å². The number of amides is 1. The van der Waals surface area contributed by atoms with Crippen LogP contribution in [-0.4, -0.2) is 10.9 Å². The summed E-state index contributed by atoms with van der Waals surface area (Å²) in [5.74, 6) is 0.737. The molecule has 0 N–H and O–H groups in total. The molecule has 0 aliphatic rings. The van der Waals surface area contributed by atoms with Crippen LogP contribution in [0.4, 0.5) is 5.13 Å². The average Bonchev–Trinajstić information content (AvgIpc) is 3.34. The molecular weight excluding hydrogens is 380 g/mol. The molecule has 0 unspecified atom stereocenters. The van der Waals surface area contributed by atoms with E-state index in [0.29, 0.717) is 29.5 Å². The number of aryl methyl sites for hydroxylation is 1. The minimum absolute atomic E-state index is 0.0143. The number of rotatable bonds is 6. The Morgan fingerprint density at radius 1 is 1.11 bits per heavy atom. The summed E-state index contributed by atoms with van der Waals surface area (Å²) in [6.45, 7) is 0.355. The third-order valence-electron chi connectivity index (χ3n) is 4.24. The Morgan fingerprint density at radius 3 is 2.74 bits per heavy atom. The third kappa shape index (κ3) is 4.21. The predicted molar refractivity (Wildman–Crippen MR) is 109 cm³/mol. The van der Waals surface area contributed by atoms with Crippen LogP contribution in [0.25, 0.3) is 10.2 Å². The van der Waals surface area contributed by atoms with Crippen LogP contribution in [0.1, 0.15) is 17.7 Å². The maximum Gasteiger partial charge on any atom is 0.229 e. The molecule has 2 heterocycles. The lowest BCUT2D eigenvalue weighted by atomic mass is 10.1. The summed E-state index contributed by atoms with van der Waals surface area (Å²) < 4.78 is 6.41. The lowest BCUT2D eigenvalue weighted by Gasteiger charge is -2.18. The monoisotopic (exact) mass is 396 g/mol. The fraction of sp³-hybridized carbons (Fsp3) is 0.143. The molecule has 2 aromatic heterocycles. The highest BCUT2D eigenvalue weighted by Crippen LogP contribution is 2.32. The number of hydrogen-bond donors (Lipinski definition) is 0. The highest BCUT2D eigenvalue weighted by molar-refractivity contribution is 7.22. The topological polar surface area (TPSA) is 46.3 Å². The number of furan rings is 1. The molecule has 4 aromatic rings. The van der Waals surface area contributed by atoms with Gasteiger partial charge in [0.2, 0.25) is 5.91 Å². The number of benzene rings is 2.